The maximum atomic E-state index is 11.1. The van der Waals surface area contributed by atoms with E-state index in [1.54, 1.807) is 26.0 Å². The Morgan fingerprint density at radius 3 is 1.50 bits per heavy atom. The number of primary amides is 2. The summed E-state index contributed by atoms with van der Waals surface area (Å²) in [5, 5.41) is 2.29. The van der Waals surface area contributed by atoms with Crippen molar-refractivity contribution in [3.63, 3.8) is 0 Å². The van der Waals surface area contributed by atoms with E-state index in [9.17, 15) is 9.59 Å². The van der Waals surface area contributed by atoms with Crippen molar-refractivity contribution >= 4 is 12.1 Å². The molecule has 0 saturated carbocycles. The lowest BCUT2D eigenvalue weighted by molar-refractivity contribution is 0.0166. The number of amides is 4. The van der Waals surface area contributed by atoms with Crippen LogP contribution in [0.3, 0.4) is 0 Å². The van der Waals surface area contributed by atoms with E-state index in [1.165, 1.54) is 0 Å². The molecule has 0 aliphatic carbocycles. The third kappa shape index (κ3) is 1.63. The van der Waals surface area contributed by atoms with Crippen LogP contribution in [-0.2, 0) is 0 Å². The molecule has 0 aromatic carbocycles. The first-order valence-corrected chi connectivity index (χ1v) is 4.30. The SMILES string of the molecule is CC1C=CC(C)N(C(N)=O)N1C(N)=O. The summed E-state index contributed by atoms with van der Waals surface area (Å²) >= 11 is 0. The molecule has 0 aromatic heterocycles. The second-order valence-corrected chi connectivity index (χ2v) is 3.23. The van der Waals surface area contributed by atoms with Gasteiger partial charge in [0.05, 0.1) is 12.1 Å². The van der Waals surface area contributed by atoms with Crippen molar-refractivity contribution in [2.75, 3.05) is 0 Å². The zero-order chi connectivity index (χ0) is 10.9. The number of hydrogen-bond acceptors (Lipinski definition) is 2. The minimum atomic E-state index is -0.687. The van der Waals surface area contributed by atoms with Crippen LogP contribution in [0.2, 0.25) is 0 Å². The summed E-state index contributed by atoms with van der Waals surface area (Å²) in [6.07, 6.45) is 3.60. The van der Waals surface area contributed by atoms with E-state index in [1.807, 2.05) is 0 Å². The predicted molar refractivity (Wildman–Crippen MR) is 50.9 cm³/mol. The van der Waals surface area contributed by atoms with Gasteiger partial charge in [-0.15, -0.1) is 0 Å². The lowest BCUT2D eigenvalue weighted by Gasteiger charge is -2.41. The van der Waals surface area contributed by atoms with Gasteiger partial charge in [-0.3, -0.25) is 0 Å². The first-order chi connectivity index (χ1) is 6.45. The third-order valence-corrected chi connectivity index (χ3v) is 2.12. The van der Waals surface area contributed by atoms with Crippen molar-refractivity contribution in [3.05, 3.63) is 12.2 Å². The molecule has 0 aromatic rings. The van der Waals surface area contributed by atoms with Crippen molar-refractivity contribution in [2.45, 2.75) is 25.9 Å². The van der Waals surface area contributed by atoms with E-state index in [0.717, 1.165) is 10.0 Å². The van der Waals surface area contributed by atoms with Crippen molar-refractivity contribution in [2.24, 2.45) is 11.5 Å². The van der Waals surface area contributed by atoms with Crippen molar-refractivity contribution < 1.29 is 9.59 Å². The molecular formula is C8H14N4O2. The standard InChI is InChI=1S/C8H14N4O2/c1-5-3-4-6(2)12(8(10)14)11(5)7(9)13/h3-6H,1-2H3,(H2,9,13)(H2,10,14). The molecule has 0 fully saturated rings. The molecule has 0 radical (unpaired) electrons. The summed E-state index contributed by atoms with van der Waals surface area (Å²) in [6.45, 7) is 3.51. The Labute approximate surface area is 82.1 Å². The average molecular weight is 198 g/mol. The summed E-state index contributed by atoms with van der Waals surface area (Å²) in [4.78, 5) is 22.2. The summed E-state index contributed by atoms with van der Waals surface area (Å²) in [5.41, 5.74) is 10.3. The van der Waals surface area contributed by atoms with Crippen LogP contribution in [0.25, 0.3) is 0 Å². The number of nitrogens with zero attached hydrogens (tertiary/aromatic N) is 2. The van der Waals surface area contributed by atoms with Gasteiger partial charge in [0.2, 0.25) is 0 Å². The number of hydrazine groups is 1. The lowest BCUT2D eigenvalue weighted by Crippen LogP contribution is -2.61. The Kier molecular flexibility index (Phi) is 2.64. The van der Waals surface area contributed by atoms with Crippen LogP contribution in [0, 0.1) is 0 Å². The minimum absolute atomic E-state index is 0.254. The monoisotopic (exact) mass is 198 g/mol. The molecule has 1 aliphatic rings. The maximum absolute atomic E-state index is 11.1. The number of rotatable bonds is 0. The van der Waals surface area contributed by atoms with Crippen molar-refractivity contribution in [3.8, 4) is 0 Å². The lowest BCUT2D eigenvalue weighted by atomic mass is 10.2. The molecule has 1 aliphatic heterocycles. The van der Waals surface area contributed by atoms with Gasteiger partial charge in [0.1, 0.15) is 0 Å². The van der Waals surface area contributed by atoms with E-state index in [2.05, 4.69) is 0 Å². The number of hydrogen-bond donors (Lipinski definition) is 2. The Morgan fingerprint density at radius 1 is 1.00 bits per heavy atom. The van der Waals surface area contributed by atoms with E-state index in [-0.39, 0.29) is 12.1 Å². The molecule has 0 spiro atoms. The fraction of sp³-hybridized carbons (Fsp3) is 0.500. The van der Waals surface area contributed by atoms with Gasteiger partial charge in [0.15, 0.2) is 0 Å². The zero-order valence-corrected chi connectivity index (χ0v) is 8.18. The quantitative estimate of drug-likeness (QED) is 0.536. The molecule has 1 rings (SSSR count). The molecule has 0 bridgehead atoms. The van der Waals surface area contributed by atoms with Gasteiger partial charge in [0, 0.05) is 0 Å². The predicted octanol–water partition coefficient (Wildman–Crippen LogP) is 0.00960. The Hall–Kier alpha value is -1.72. The summed E-state index contributed by atoms with van der Waals surface area (Å²) in [5.74, 6) is 0. The Morgan fingerprint density at radius 2 is 1.29 bits per heavy atom. The second kappa shape index (κ2) is 3.57. The van der Waals surface area contributed by atoms with Crippen LogP contribution < -0.4 is 11.5 Å². The van der Waals surface area contributed by atoms with Crippen LogP contribution in [0.15, 0.2) is 12.2 Å². The smallest absolute Gasteiger partial charge is 0.334 e. The highest BCUT2D eigenvalue weighted by molar-refractivity contribution is 5.79. The van der Waals surface area contributed by atoms with Crippen molar-refractivity contribution in [1.29, 1.82) is 0 Å². The number of urea groups is 2. The van der Waals surface area contributed by atoms with Gasteiger partial charge in [-0.05, 0) is 13.8 Å². The average Bonchev–Trinajstić information content (AvgIpc) is 2.07. The van der Waals surface area contributed by atoms with Crippen LogP contribution in [-0.4, -0.2) is 34.2 Å². The molecule has 6 nitrogen and oxygen atoms in total. The van der Waals surface area contributed by atoms with Crippen LogP contribution in [0.4, 0.5) is 9.59 Å². The summed E-state index contributed by atoms with van der Waals surface area (Å²) in [6, 6.07) is -1.88. The minimum Gasteiger partial charge on any atom is -0.350 e. The normalized spacial score (nSPS) is 26.4. The first-order valence-electron chi connectivity index (χ1n) is 4.30. The van der Waals surface area contributed by atoms with E-state index in [0.29, 0.717) is 0 Å². The molecule has 14 heavy (non-hydrogen) atoms. The van der Waals surface area contributed by atoms with Crippen molar-refractivity contribution in [1.82, 2.24) is 10.0 Å². The first kappa shape index (κ1) is 10.4. The maximum Gasteiger partial charge on any atom is 0.334 e. The molecule has 4 amide bonds. The van der Waals surface area contributed by atoms with Crippen LogP contribution >= 0.6 is 0 Å². The molecule has 0 saturated heterocycles. The highest BCUT2D eigenvalue weighted by Gasteiger charge is 2.32. The Balaban J connectivity index is 3.02. The van der Waals surface area contributed by atoms with Gasteiger partial charge in [-0.2, -0.15) is 0 Å². The molecule has 1 heterocycles. The van der Waals surface area contributed by atoms with Gasteiger partial charge in [-0.1, -0.05) is 12.2 Å². The Bertz CT molecular complexity index is 261. The molecular weight excluding hydrogens is 184 g/mol. The van der Waals surface area contributed by atoms with E-state index >= 15 is 0 Å². The molecule has 2 atom stereocenters. The van der Waals surface area contributed by atoms with Gasteiger partial charge >= 0.3 is 12.1 Å². The highest BCUT2D eigenvalue weighted by Crippen LogP contribution is 2.16. The summed E-state index contributed by atoms with van der Waals surface area (Å²) in [7, 11) is 0. The number of carbonyl (C=O) groups excluding carboxylic acids is 2. The molecule has 78 valence electrons. The van der Waals surface area contributed by atoms with E-state index < -0.39 is 12.1 Å². The highest BCUT2D eigenvalue weighted by atomic mass is 16.2. The largest absolute Gasteiger partial charge is 0.350 e. The topological polar surface area (TPSA) is 92.7 Å². The fourth-order valence-corrected chi connectivity index (χ4v) is 1.49. The van der Waals surface area contributed by atoms with Crippen LogP contribution in [0.5, 0.6) is 0 Å². The second-order valence-electron chi connectivity index (χ2n) is 3.23. The molecule has 2 unspecified atom stereocenters. The van der Waals surface area contributed by atoms with Gasteiger partial charge in [-0.25, -0.2) is 19.6 Å². The summed E-state index contributed by atoms with van der Waals surface area (Å²) < 4.78 is 0. The number of carbonyl (C=O) groups is 2. The van der Waals surface area contributed by atoms with Gasteiger partial charge in [0.25, 0.3) is 0 Å². The number of nitrogens with two attached hydrogens (primary N) is 2. The fourth-order valence-electron chi connectivity index (χ4n) is 1.49. The van der Waals surface area contributed by atoms with Crippen LogP contribution in [0.1, 0.15) is 13.8 Å². The van der Waals surface area contributed by atoms with Gasteiger partial charge < -0.3 is 11.5 Å². The zero-order valence-electron chi connectivity index (χ0n) is 8.18. The molecule has 6 heteroatoms. The van der Waals surface area contributed by atoms with E-state index in [4.69, 9.17) is 11.5 Å². The third-order valence-electron chi connectivity index (χ3n) is 2.12. The molecule has 4 N–H and O–H groups in total.